The standard InChI is InChI=1S/C20H33N7O5S/c21-6-2-1-4-14(18(29)26-15(20(31)32)8-12-9-22-11-24-12)25-19(30)16(10-33)27-17(28)13-5-3-7-23-13/h9,11,13-16,23,33H,1-8,10,21H2,(H,22,24)(H,25,30)(H,26,29)(H,27,28)(H,31,32). The Kier molecular flexibility index (Phi) is 11.1. The average Bonchev–Trinajstić information content (AvgIpc) is 3.50. The third-order valence-electron chi connectivity index (χ3n) is 5.37. The number of H-pyrrole nitrogens is 1. The Bertz CT molecular complexity index is 786. The van der Waals surface area contributed by atoms with Gasteiger partial charge in [-0.15, -0.1) is 0 Å². The predicted octanol–water partition coefficient (Wildman–Crippen LogP) is -1.70. The molecule has 0 saturated carbocycles. The molecule has 1 aromatic heterocycles. The van der Waals surface area contributed by atoms with E-state index < -0.39 is 35.9 Å². The van der Waals surface area contributed by atoms with Crippen LogP contribution in [-0.4, -0.2) is 81.8 Å². The lowest BCUT2D eigenvalue weighted by Crippen LogP contribution is -2.57. The zero-order chi connectivity index (χ0) is 24.2. The summed E-state index contributed by atoms with van der Waals surface area (Å²) in [6.45, 7) is 1.16. The molecule has 2 rings (SSSR count). The largest absolute Gasteiger partial charge is 0.480 e. The number of thiol groups is 1. The zero-order valence-electron chi connectivity index (χ0n) is 18.4. The summed E-state index contributed by atoms with van der Waals surface area (Å²) in [4.78, 5) is 56.4. The normalized spacial score (nSPS) is 18.2. The number of nitrogens with one attached hydrogen (secondary N) is 5. The molecule has 1 aliphatic rings. The molecule has 1 fully saturated rings. The number of carboxylic acid groups (broad SMARTS) is 1. The van der Waals surface area contributed by atoms with Gasteiger partial charge in [0.15, 0.2) is 0 Å². The summed E-state index contributed by atoms with van der Waals surface area (Å²) in [5.74, 6) is -2.66. The molecule has 1 saturated heterocycles. The van der Waals surface area contributed by atoms with E-state index in [-0.39, 0.29) is 30.5 Å². The number of aliphatic carboxylic acids is 1. The highest BCUT2D eigenvalue weighted by Crippen LogP contribution is 2.07. The van der Waals surface area contributed by atoms with Crippen molar-refractivity contribution in [2.75, 3.05) is 18.8 Å². The molecule has 1 aromatic rings. The number of hydrogen-bond acceptors (Lipinski definition) is 8. The van der Waals surface area contributed by atoms with Crippen molar-refractivity contribution in [3.8, 4) is 0 Å². The second-order valence-electron chi connectivity index (χ2n) is 7.92. The number of carbonyl (C=O) groups is 4. The van der Waals surface area contributed by atoms with Gasteiger partial charge in [-0.2, -0.15) is 12.6 Å². The van der Waals surface area contributed by atoms with Crippen LogP contribution in [0.2, 0.25) is 0 Å². The fourth-order valence-corrected chi connectivity index (χ4v) is 3.75. The molecule has 12 nitrogen and oxygen atoms in total. The van der Waals surface area contributed by atoms with Crippen LogP contribution in [0.4, 0.5) is 0 Å². The number of nitrogens with two attached hydrogens (primary N) is 1. The molecule has 33 heavy (non-hydrogen) atoms. The molecule has 1 aliphatic heterocycles. The lowest BCUT2D eigenvalue weighted by molar-refractivity contribution is -0.142. The minimum atomic E-state index is -1.21. The van der Waals surface area contributed by atoms with E-state index in [0.717, 1.165) is 13.0 Å². The van der Waals surface area contributed by atoms with Crippen molar-refractivity contribution in [1.82, 2.24) is 31.2 Å². The smallest absolute Gasteiger partial charge is 0.326 e. The number of nitrogens with zero attached hydrogens (tertiary/aromatic N) is 1. The Morgan fingerprint density at radius 2 is 1.88 bits per heavy atom. The van der Waals surface area contributed by atoms with E-state index in [1.807, 2.05) is 0 Å². The molecule has 0 spiro atoms. The monoisotopic (exact) mass is 483 g/mol. The van der Waals surface area contributed by atoms with Crippen LogP contribution >= 0.6 is 12.6 Å². The number of amides is 3. The highest BCUT2D eigenvalue weighted by molar-refractivity contribution is 7.80. The lowest BCUT2D eigenvalue weighted by atomic mass is 10.1. The van der Waals surface area contributed by atoms with Crippen molar-refractivity contribution in [2.24, 2.45) is 5.73 Å². The number of aromatic amines is 1. The van der Waals surface area contributed by atoms with Crippen molar-refractivity contribution in [3.05, 3.63) is 18.2 Å². The molecule has 8 N–H and O–H groups in total. The van der Waals surface area contributed by atoms with E-state index in [9.17, 15) is 24.3 Å². The zero-order valence-corrected chi connectivity index (χ0v) is 19.3. The topological polar surface area (TPSA) is 191 Å². The Morgan fingerprint density at radius 3 is 2.45 bits per heavy atom. The highest BCUT2D eigenvalue weighted by atomic mass is 32.1. The van der Waals surface area contributed by atoms with Crippen molar-refractivity contribution in [1.29, 1.82) is 0 Å². The lowest BCUT2D eigenvalue weighted by Gasteiger charge is -2.24. The fourth-order valence-electron chi connectivity index (χ4n) is 3.50. The van der Waals surface area contributed by atoms with E-state index in [1.54, 1.807) is 0 Å². The van der Waals surface area contributed by atoms with Gasteiger partial charge in [-0.25, -0.2) is 9.78 Å². The molecule has 184 valence electrons. The van der Waals surface area contributed by atoms with Crippen molar-refractivity contribution in [2.45, 2.75) is 62.7 Å². The van der Waals surface area contributed by atoms with E-state index >= 15 is 0 Å². The van der Waals surface area contributed by atoms with Crippen LogP contribution in [0.5, 0.6) is 0 Å². The van der Waals surface area contributed by atoms with Gasteiger partial charge in [0.05, 0.1) is 12.4 Å². The average molecular weight is 484 g/mol. The van der Waals surface area contributed by atoms with Gasteiger partial charge in [0.1, 0.15) is 18.1 Å². The van der Waals surface area contributed by atoms with Crippen molar-refractivity contribution < 1.29 is 24.3 Å². The number of unbranched alkanes of at least 4 members (excludes halogenated alkanes) is 1. The SMILES string of the molecule is NCCCCC(NC(=O)C(CS)NC(=O)C1CCCN1)C(=O)NC(Cc1cnc[nH]1)C(=O)O. The second kappa shape index (κ2) is 13.8. The molecule has 3 amide bonds. The molecule has 4 atom stereocenters. The summed E-state index contributed by atoms with van der Waals surface area (Å²) >= 11 is 4.16. The van der Waals surface area contributed by atoms with Crippen LogP contribution in [0.3, 0.4) is 0 Å². The van der Waals surface area contributed by atoms with Crippen molar-refractivity contribution >= 4 is 36.3 Å². The second-order valence-corrected chi connectivity index (χ2v) is 8.28. The Labute approximate surface area is 197 Å². The quantitative estimate of drug-likeness (QED) is 0.113. The van der Waals surface area contributed by atoms with Crippen LogP contribution in [0, 0.1) is 0 Å². The summed E-state index contributed by atoms with van der Waals surface area (Å²) in [5.41, 5.74) is 6.08. The number of imidazole rings is 1. The Balaban J connectivity index is 2.02. The van der Waals surface area contributed by atoms with Gasteiger partial charge in [0.25, 0.3) is 0 Å². The molecule has 0 aliphatic carbocycles. The minimum absolute atomic E-state index is 0.00819. The molecule has 0 aromatic carbocycles. The first-order chi connectivity index (χ1) is 15.8. The summed E-state index contributed by atoms with van der Waals surface area (Å²) in [6.07, 6.45) is 5.91. The maximum atomic E-state index is 12.9. The number of hydrogen-bond donors (Lipinski definition) is 8. The Morgan fingerprint density at radius 1 is 1.15 bits per heavy atom. The summed E-state index contributed by atoms with van der Waals surface area (Å²) in [6, 6.07) is -3.49. The van der Waals surface area contributed by atoms with Crippen molar-refractivity contribution in [3.63, 3.8) is 0 Å². The van der Waals surface area contributed by atoms with E-state index in [1.165, 1.54) is 12.5 Å². The fraction of sp³-hybridized carbons (Fsp3) is 0.650. The van der Waals surface area contributed by atoms with Gasteiger partial charge in [-0.3, -0.25) is 14.4 Å². The molecule has 4 unspecified atom stereocenters. The van der Waals surface area contributed by atoms with E-state index in [4.69, 9.17) is 5.73 Å². The molecule has 2 heterocycles. The highest BCUT2D eigenvalue weighted by Gasteiger charge is 2.31. The number of rotatable bonds is 14. The molecular formula is C20H33N7O5S. The molecule has 13 heteroatoms. The van der Waals surface area contributed by atoms with Crippen LogP contribution in [0.25, 0.3) is 0 Å². The van der Waals surface area contributed by atoms with Gasteiger partial charge < -0.3 is 37.1 Å². The van der Waals surface area contributed by atoms with Gasteiger partial charge in [-0.1, -0.05) is 0 Å². The maximum Gasteiger partial charge on any atom is 0.326 e. The van der Waals surface area contributed by atoms with Crippen LogP contribution in [-0.2, 0) is 25.6 Å². The first-order valence-electron chi connectivity index (χ1n) is 11.0. The molecular weight excluding hydrogens is 450 g/mol. The first-order valence-corrected chi connectivity index (χ1v) is 11.6. The van der Waals surface area contributed by atoms with Gasteiger partial charge in [-0.05, 0) is 45.2 Å². The third-order valence-corrected chi connectivity index (χ3v) is 5.73. The summed E-state index contributed by atoms with van der Waals surface area (Å²) in [5, 5.41) is 20.4. The van der Waals surface area contributed by atoms with Crippen LogP contribution in [0.15, 0.2) is 12.5 Å². The molecule has 0 bridgehead atoms. The number of aromatic nitrogens is 2. The maximum absolute atomic E-state index is 12.9. The van der Waals surface area contributed by atoms with Gasteiger partial charge in [0.2, 0.25) is 17.7 Å². The first kappa shape index (κ1) is 26.6. The Hall–Kier alpha value is -2.64. The summed E-state index contributed by atoms with van der Waals surface area (Å²) in [7, 11) is 0. The van der Waals surface area contributed by atoms with Crippen LogP contribution in [0.1, 0.15) is 37.8 Å². The number of carboxylic acids is 1. The van der Waals surface area contributed by atoms with Gasteiger partial charge in [0, 0.05) is 24.1 Å². The minimum Gasteiger partial charge on any atom is -0.480 e. The van der Waals surface area contributed by atoms with Gasteiger partial charge >= 0.3 is 5.97 Å². The number of carbonyl (C=O) groups excluding carboxylic acids is 3. The third kappa shape index (κ3) is 8.67. The summed E-state index contributed by atoms with van der Waals surface area (Å²) < 4.78 is 0. The predicted molar refractivity (Wildman–Crippen MR) is 124 cm³/mol. The van der Waals surface area contributed by atoms with E-state index in [2.05, 4.69) is 43.9 Å². The van der Waals surface area contributed by atoms with Crippen LogP contribution < -0.4 is 27.0 Å². The van der Waals surface area contributed by atoms with E-state index in [0.29, 0.717) is 31.5 Å². The molecule has 0 radical (unpaired) electrons.